The SMILES string of the molecule is CCOC(=O)c1nn(-c2ccc(C)cc2)c(=N)c(C#N)c1C. The van der Waals surface area contributed by atoms with Crippen molar-refractivity contribution in [1.29, 1.82) is 10.7 Å². The van der Waals surface area contributed by atoms with Crippen LogP contribution in [0.25, 0.3) is 5.69 Å². The van der Waals surface area contributed by atoms with Crippen molar-refractivity contribution >= 4 is 5.97 Å². The zero-order valence-corrected chi connectivity index (χ0v) is 12.7. The van der Waals surface area contributed by atoms with Crippen LogP contribution in [0.2, 0.25) is 0 Å². The number of aryl methyl sites for hydroxylation is 1. The highest BCUT2D eigenvalue weighted by Crippen LogP contribution is 2.12. The van der Waals surface area contributed by atoms with E-state index in [4.69, 9.17) is 10.1 Å². The summed E-state index contributed by atoms with van der Waals surface area (Å²) in [4.78, 5) is 12.0. The Hall–Kier alpha value is -2.94. The lowest BCUT2D eigenvalue weighted by molar-refractivity contribution is 0.0516. The summed E-state index contributed by atoms with van der Waals surface area (Å²) in [5.74, 6) is -0.600. The van der Waals surface area contributed by atoms with Crippen molar-refractivity contribution in [3.05, 3.63) is 52.1 Å². The minimum Gasteiger partial charge on any atom is -0.461 e. The maximum absolute atomic E-state index is 12.0. The molecule has 1 aromatic heterocycles. The highest BCUT2D eigenvalue weighted by molar-refractivity contribution is 5.89. The van der Waals surface area contributed by atoms with Gasteiger partial charge in [0.05, 0.1) is 12.3 Å². The summed E-state index contributed by atoms with van der Waals surface area (Å²) >= 11 is 0. The largest absolute Gasteiger partial charge is 0.461 e. The molecule has 6 heteroatoms. The van der Waals surface area contributed by atoms with Crippen molar-refractivity contribution in [1.82, 2.24) is 9.78 Å². The van der Waals surface area contributed by atoms with Crippen molar-refractivity contribution in [3.8, 4) is 11.8 Å². The summed E-state index contributed by atoms with van der Waals surface area (Å²) in [6, 6.07) is 9.28. The van der Waals surface area contributed by atoms with Gasteiger partial charge in [0, 0.05) is 5.56 Å². The number of esters is 1. The Morgan fingerprint density at radius 3 is 2.55 bits per heavy atom. The highest BCUT2D eigenvalue weighted by Gasteiger charge is 2.19. The minimum atomic E-state index is -0.600. The van der Waals surface area contributed by atoms with E-state index >= 15 is 0 Å². The van der Waals surface area contributed by atoms with E-state index in [0.717, 1.165) is 5.56 Å². The van der Waals surface area contributed by atoms with Crippen LogP contribution < -0.4 is 5.49 Å². The second-order valence-electron chi connectivity index (χ2n) is 4.78. The van der Waals surface area contributed by atoms with Crippen molar-refractivity contribution in [2.24, 2.45) is 0 Å². The number of hydrogen-bond donors (Lipinski definition) is 1. The van der Waals surface area contributed by atoms with Gasteiger partial charge in [-0.05, 0) is 32.9 Å². The summed E-state index contributed by atoms with van der Waals surface area (Å²) in [5.41, 5.74) is 2.13. The van der Waals surface area contributed by atoms with Gasteiger partial charge < -0.3 is 4.74 Å². The summed E-state index contributed by atoms with van der Waals surface area (Å²) in [6.07, 6.45) is 0. The van der Waals surface area contributed by atoms with Crippen molar-refractivity contribution in [3.63, 3.8) is 0 Å². The molecule has 2 rings (SSSR count). The lowest BCUT2D eigenvalue weighted by Gasteiger charge is -2.12. The Bertz CT molecular complexity index is 814. The predicted molar refractivity (Wildman–Crippen MR) is 79.6 cm³/mol. The first kappa shape index (κ1) is 15.4. The predicted octanol–water partition coefficient (Wildman–Crippen LogP) is 2.02. The molecule has 1 aromatic carbocycles. The molecule has 0 saturated heterocycles. The maximum atomic E-state index is 12.0. The molecule has 112 valence electrons. The molecule has 0 amide bonds. The quantitative estimate of drug-likeness (QED) is 0.877. The third kappa shape index (κ3) is 2.74. The topological polar surface area (TPSA) is 91.8 Å². The zero-order valence-electron chi connectivity index (χ0n) is 12.7. The summed E-state index contributed by atoms with van der Waals surface area (Å²) in [5, 5.41) is 21.6. The number of nitriles is 1. The first-order valence-corrected chi connectivity index (χ1v) is 6.82. The molecule has 0 saturated carbocycles. The Kier molecular flexibility index (Phi) is 4.37. The molecule has 0 aliphatic rings. The molecule has 6 nitrogen and oxygen atoms in total. The number of nitrogens with zero attached hydrogens (tertiary/aromatic N) is 3. The van der Waals surface area contributed by atoms with Gasteiger partial charge >= 0.3 is 5.97 Å². The van der Waals surface area contributed by atoms with Gasteiger partial charge in [0.15, 0.2) is 11.2 Å². The van der Waals surface area contributed by atoms with Gasteiger partial charge in [-0.1, -0.05) is 17.7 Å². The molecule has 0 aliphatic carbocycles. The Morgan fingerprint density at radius 2 is 2.00 bits per heavy atom. The third-order valence-corrected chi connectivity index (χ3v) is 3.24. The van der Waals surface area contributed by atoms with Crippen molar-refractivity contribution in [2.45, 2.75) is 20.8 Å². The number of hydrogen-bond acceptors (Lipinski definition) is 5. The van der Waals surface area contributed by atoms with Crippen LogP contribution in [0.5, 0.6) is 0 Å². The first-order valence-electron chi connectivity index (χ1n) is 6.82. The third-order valence-electron chi connectivity index (χ3n) is 3.24. The molecule has 1 heterocycles. The average molecular weight is 296 g/mol. The molecule has 0 fully saturated rings. The first-order chi connectivity index (χ1) is 10.5. The van der Waals surface area contributed by atoms with E-state index in [1.54, 1.807) is 26.0 Å². The van der Waals surface area contributed by atoms with E-state index in [2.05, 4.69) is 5.10 Å². The number of carbonyl (C=O) groups is 1. The molecular formula is C16H16N4O2. The monoisotopic (exact) mass is 296 g/mol. The van der Waals surface area contributed by atoms with E-state index in [1.165, 1.54) is 4.68 Å². The Labute approximate surface area is 128 Å². The number of aromatic nitrogens is 2. The second-order valence-corrected chi connectivity index (χ2v) is 4.78. The van der Waals surface area contributed by atoms with E-state index < -0.39 is 5.97 Å². The van der Waals surface area contributed by atoms with Crippen LogP contribution in [0.1, 0.15) is 34.1 Å². The van der Waals surface area contributed by atoms with Gasteiger partial charge in [-0.2, -0.15) is 10.4 Å². The molecular weight excluding hydrogens is 280 g/mol. The van der Waals surface area contributed by atoms with E-state index in [1.807, 2.05) is 25.1 Å². The number of benzene rings is 1. The van der Waals surface area contributed by atoms with E-state index in [-0.39, 0.29) is 23.4 Å². The lowest BCUT2D eigenvalue weighted by Crippen LogP contribution is -2.29. The van der Waals surface area contributed by atoms with Crippen molar-refractivity contribution < 1.29 is 9.53 Å². The number of ether oxygens (including phenoxy) is 1. The minimum absolute atomic E-state index is 0.0509. The van der Waals surface area contributed by atoms with Crippen LogP contribution in [-0.2, 0) is 4.74 Å². The molecule has 2 aromatic rings. The molecule has 0 bridgehead atoms. The fourth-order valence-corrected chi connectivity index (χ4v) is 2.03. The van der Waals surface area contributed by atoms with Crippen LogP contribution in [0.4, 0.5) is 0 Å². The molecule has 0 radical (unpaired) electrons. The van der Waals surface area contributed by atoms with E-state index in [9.17, 15) is 10.1 Å². The normalized spacial score (nSPS) is 10.1. The van der Waals surface area contributed by atoms with Crippen LogP contribution in [0, 0.1) is 30.6 Å². The standard InChI is InChI=1S/C16H16N4O2/c1-4-22-16(21)14-11(3)13(9-17)15(18)20(19-14)12-7-5-10(2)6-8-12/h5-8,18H,4H2,1-3H3. The molecule has 0 spiro atoms. The molecule has 0 aliphatic heterocycles. The fraction of sp³-hybridized carbons (Fsp3) is 0.250. The lowest BCUT2D eigenvalue weighted by atomic mass is 10.1. The van der Waals surface area contributed by atoms with Crippen molar-refractivity contribution in [2.75, 3.05) is 6.61 Å². The van der Waals surface area contributed by atoms with Gasteiger partial charge in [0.1, 0.15) is 11.6 Å². The fourth-order valence-electron chi connectivity index (χ4n) is 2.03. The van der Waals surface area contributed by atoms with Crippen LogP contribution in [-0.4, -0.2) is 22.4 Å². The maximum Gasteiger partial charge on any atom is 0.359 e. The summed E-state index contributed by atoms with van der Waals surface area (Å²) < 4.78 is 6.25. The smallest absolute Gasteiger partial charge is 0.359 e. The number of nitrogens with one attached hydrogen (secondary N) is 1. The van der Waals surface area contributed by atoms with E-state index in [0.29, 0.717) is 11.3 Å². The zero-order chi connectivity index (χ0) is 16.3. The van der Waals surface area contributed by atoms with Gasteiger partial charge in [0.2, 0.25) is 0 Å². The van der Waals surface area contributed by atoms with Crippen LogP contribution >= 0.6 is 0 Å². The van der Waals surface area contributed by atoms with Gasteiger partial charge in [-0.15, -0.1) is 0 Å². The Morgan fingerprint density at radius 1 is 1.36 bits per heavy atom. The molecule has 0 unspecified atom stereocenters. The average Bonchev–Trinajstić information content (AvgIpc) is 2.49. The van der Waals surface area contributed by atoms with Gasteiger partial charge in [-0.3, -0.25) is 5.41 Å². The molecule has 1 N–H and O–H groups in total. The van der Waals surface area contributed by atoms with Crippen LogP contribution in [0.3, 0.4) is 0 Å². The number of rotatable bonds is 3. The van der Waals surface area contributed by atoms with Gasteiger partial charge in [0.25, 0.3) is 0 Å². The second kappa shape index (κ2) is 6.22. The molecule has 22 heavy (non-hydrogen) atoms. The highest BCUT2D eigenvalue weighted by atomic mass is 16.5. The Balaban J connectivity index is 2.72. The number of carbonyl (C=O) groups excluding carboxylic acids is 1. The summed E-state index contributed by atoms with van der Waals surface area (Å²) in [6.45, 7) is 5.46. The molecule has 0 atom stereocenters. The van der Waals surface area contributed by atoms with Crippen LogP contribution in [0.15, 0.2) is 24.3 Å². The van der Waals surface area contributed by atoms with Gasteiger partial charge in [-0.25, -0.2) is 9.48 Å². The summed E-state index contributed by atoms with van der Waals surface area (Å²) in [7, 11) is 0.